The lowest BCUT2D eigenvalue weighted by Crippen LogP contribution is -2.26. The van der Waals surface area contributed by atoms with Gasteiger partial charge in [0.1, 0.15) is 0 Å². The molecule has 0 fully saturated rings. The van der Waals surface area contributed by atoms with E-state index in [0.29, 0.717) is 23.0 Å². The van der Waals surface area contributed by atoms with Gasteiger partial charge >= 0.3 is 0 Å². The van der Waals surface area contributed by atoms with E-state index in [1.165, 1.54) is 0 Å². The van der Waals surface area contributed by atoms with Crippen LogP contribution in [0, 0.1) is 0 Å². The SMILES string of the molecule is O=C(Cc1ccccc1)NCCCc1ccc(Cl)c(Cl)c1. The van der Waals surface area contributed by atoms with Crippen LogP contribution in [0.25, 0.3) is 0 Å². The third-order valence-corrected chi connectivity index (χ3v) is 3.89. The summed E-state index contributed by atoms with van der Waals surface area (Å²) < 4.78 is 0. The number of halogens is 2. The van der Waals surface area contributed by atoms with Crippen LogP contribution in [-0.2, 0) is 17.6 Å². The van der Waals surface area contributed by atoms with E-state index in [1.54, 1.807) is 6.07 Å². The van der Waals surface area contributed by atoms with E-state index in [9.17, 15) is 4.79 Å². The van der Waals surface area contributed by atoms with Gasteiger partial charge in [-0.05, 0) is 36.1 Å². The van der Waals surface area contributed by atoms with Gasteiger partial charge in [0.2, 0.25) is 5.91 Å². The number of carbonyl (C=O) groups is 1. The molecular formula is C17H17Cl2NO. The molecule has 2 aromatic carbocycles. The third kappa shape index (κ3) is 5.41. The van der Waals surface area contributed by atoms with Crippen molar-refractivity contribution >= 4 is 29.1 Å². The van der Waals surface area contributed by atoms with Crippen molar-refractivity contribution in [3.05, 3.63) is 69.7 Å². The lowest BCUT2D eigenvalue weighted by atomic mass is 10.1. The van der Waals surface area contributed by atoms with E-state index in [0.717, 1.165) is 24.0 Å². The molecule has 2 nitrogen and oxygen atoms in total. The smallest absolute Gasteiger partial charge is 0.224 e. The Labute approximate surface area is 135 Å². The normalized spacial score (nSPS) is 10.4. The molecule has 0 radical (unpaired) electrons. The molecule has 2 aromatic rings. The molecule has 1 N–H and O–H groups in total. The molecule has 110 valence electrons. The Hall–Kier alpha value is -1.51. The number of nitrogens with one attached hydrogen (secondary N) is 1. The number of aryl methyl sites for hydroxylation is 1. The average Bonchev–Trinajstić information content (AvgIpc) is 2.48. The molecular weight excluding hydrogens is 305 g/mol. The van der Waals surface area contributed by atoms with Crippen molar-refractivity contribution < 1.29 is 4.79 Å². The predicted molar refractivity (Wildman–Crippen MR) is 87.9 cm³/mol. The molecule has 0 aliphatic rings. The molecule has 0 bridgehead atoms. The number of carbonyl (C=O) groups excluding carboxylic acids is 1. The summed E-state index contributed by atoms with van der Waals surface area (Å²) in [6.07, 6.45) is 2.16. The zero-order valence-electron chi connectivity index (χ0n) is 11.6. The van der Waals surface area contributed by atoms with Gasteiger partial charge in [0, 0.05) is 6.54 Å². The average molecular weight is 322 g/mol. The molecule has 0 saturated carbocycles. The summed E-state index contributed by atoms with van der Waals surface area (Å²) in [5.74, 6) is 0.0512. The number of hydrogen-bond donors (Lipinski definition) is 1. The van der Waals surface area contributed by atoms with Crippen LogP contribution in [-0.4, -0.2) is 12.5 Å². The Morgan fingerprint density at radius 1 is 0.952 bits per heavy atom. The first-order valence-corrected chi connectivity index (χ1v) is 7.65. The topological polar surface area (TPSA) is 29.1 Å². The Balaban J connectivity index is 1.69. The fourth-order valence-corrected chi connectivity index (χ4v) is 2.38. The summed E-state index contributed by atoms with van der Waals surface area (Å²) >= 11 is 11.8. The molecule has 0 spiro atoms. The Morgan fingerprint density at radius 2 is 1.71 bits per heavy atom. The van der Waals surface area contributed by atoms with Crippen LogP contribution >= 0.6 is 23.2 Å². The number of amides is 1. The first kappa shape index (κ1) is 15.9. The first-order valence-electron chi connectivity index (χ1n) is 6.90. The molecule has 21 heavy (non-hydrogen) atoms. The second kappa shape index (κ2) is 8.06. The largest absolute Gasteiger partial charge is 0.356 e. The minimum atomic E-state index is 0.0512. The summed E-state index contributed by atoms with van der Waals surface area (Å²) in [7, 11) is 0. The number of hydrogen-bond acceptors (Lipinski definition) is 1. The van der Waals surface area contributed by atoms with Crippen molar-refractivity contribution in [1.29, 1.82) is 0 Å². The Morgan fingerprint density at radius 3 is 2.43 bits per heavy atom. The van der Waals surface area contributed by atoms with Crippen molar-refractivity contribution in [2.24, 2.45) is 0 Å². The van der Waals surface area contributed by atoms with Gasteiger partial charge in [-0.25, -0.2) is 0 Å². The molecule has 0 saturated heterocycles. The van der Waals surface area contributed by atoms with Crippen LogP contribution in [0.1, 0.15) is 17.5 Å². The number of rotatable bonds is 6. The van der Waals surface area contributed by atoms with Crippen LogP contribution in [0.5, 0.6) is 0 Å². The summed E-state index contributed by atoms with van der Waals surface area (Å²) in [4.78, 5) is 11.8. The van der Waals surface area contributed by atoms with E-state index >= 15 is 0 Å². The molecule has 0 aliphatic carbocycles. The van der Waals surface area contributed by atoms with Crippen molar-refractivity contribution in [2.75, 3.05) is 6.54 Å². The minimum absolute atomic E-state index is 0.0512. The molecule has 0 aliphatic heterocycles. The molecule has 0 atom stereocenters. The van der Waals surface area contributed by atoms with Crippen molar-refractivity contribution in [3.8, 4) is 0 Å². The van der Waals surface area contributed by atoms with Gasteiger partial charge in [-0.3, -0.25) is 4.79 Å². The summed E-state index contributed by atoms with van der Waals surface area (Å²) in [6, 6.07) is 15.4. The van der Waals surface area contributed by atoms with Gasteiger partial charge in [-0.2, -0.15) is 0 Å². The maximum atomic E-state index is 11.8. The van der Waals surface area contributed by atoms with E-state index in [-0.39, 0.29) is 5.91 Å². The Kier molecular flexibility index (Phi) is 6.09. The van der Waals surface area contributed by atoms with Crippen LogP contribution in [0.2, 0.25) is 10.0 Å². The van der Waals surface area contributed by atoms with Gasteiger partial charge in [-0.15, -0.1) is 0 Å². The van der Waals surface area contributed by atoms with Gasteiger partial charge in [0.15, 0.2) is 0 Å². The van der Waals surface area contributed by atoms with Crippen molar-refractivity contribution in [3.63, 3.8) is 0 Å². The predicted octanol–water partition coefficient (Wildman–Crippen LogP) is 4.28. The second-order valence-electron chi connectivity index (χ2n) is 4.86. The van der Waals surface area contributed by atoms with Gasteiger partial charge in [0.05, 0.1) is 16.5 Å². The first-order chi connectivity index (χ1) is 10.1. The maximum absolute atomic E-state index is 11.8. The van der Waals surface area contributed by atoms with Gasteiger partial charge < -0.3 is 5.32 Å². The van der Waals surface area contributed by atoms with Crippen LogP contribution in [0.4, 0.5) is 0 Å². The Bertz CT molecular complexity index is 599. The van der Waals surface area contributed by atoms with E-state index in [1.807, 2.05) is 42.5 Å². The standard InChI is InChI=1S/C17H17Cl2NO/c18-15-9-8-14(11-16(15)19)7-4-10-20-17(21)12-13-5-2-1-3-6-13/h1-3,5-6,8-9,11H,4,7,10,12H2,(H,20,21). The maximum Gasteiger partial charge on any atom is 0.224 e. The molecule has 2 rings (SSSR count). The molecule has 0 unspecified atom stereocenters. The summed E-state index contributed by atoms with van der Waals surface area (Å²) in [5, 5.41) is 4.07. The molecule has 4 heteroatoms. The molecule has 0 heterocycles. The lowest BCUT2D eigenvalue weighted by Gasteiger charge is -2.06. The highest BCUT2D eigenvalue weighted by atomic mass is 35.5. The van der Waals surface area contributed by atoms with Crippen LogP contribution in [0.15, 0.2) is 48.5 Å². The van der Waals surface area contributed by atoms with E-state index in [4.69, 9.17) is 23.2 Å². The monoisotopic (exact) mass is 321 g/mol. The van der Waals surface area contributed by atoms with Gasteiger partial charge in [0.25, 0.3) is 0 Å². The van der Waals surface area contributed by atoms with Crippen LogP contribution < -0.4 is 5.32 Å². The highest BCUT2D eigenvalue weighted by Crippen LogP contribution is 2.23. The highest BCUT2D eigenvalue weighted by molar-refractivity contribution is 6.42. The minimum Gasteiger partial charge on any atom is -0.356 e. The summed E-state index contributed by atoms with van der Waals surface area (Å²) in [5.41, 5.74) is 2.15. The zero-order chi connectivity index (χ0) is 15.1. The molecule has 1 amide bonds. The van der Waals surface area contributed by atoms with Crippen molar-refractivity contribution in [1.82, 2.24) is 5.32 Å². The van der Waals surface area contributed by atoms with E-state index in [2.05, 4.69) is 5.32 Å². The lowest BCUT2D eigenvalue weighted by molar-refractivity contribution is -0.120. The third-order valence-electron chi connectivity index (χ3n) is 3.16. The molecule has 0 aromatic heterocycles. The summed E-state index contributed by atoms with van der Waals surface area (Å²) in [6.45, 7) is 0.659. The van der Waals surface area contributed by atoms with Crippen molar-refractivity contribution in [2.45, 2.75) is 19.3 Å². The van der Waals surface area contributed by atoms with E-state index < -0.39 is 0 Å². The second-order valence-corrected chi connectivity index (χ2v) is 5.68. The zero-order valence-corrected chi connectivity index (χ0v) is 13.1. The highest BCUT2D eigenvalue weighted by Gasteiger charge is 2.03. The van der Waals surface area contributed by atoms with Crippen LogP contribution in [0.3, 0.4) is 0 Å². The fraction of sp³-hybridized carbons (Fsp3) is 0.235. The van der Waals surface area contributed by atoms with Gasteiger partial charge in [-0.1, -0.05) is 59.6 Å². The quantitative estimate of drug-likeness (QED) is 0.790. The number of benzene rings is 2. The fourth-order valence-electron chi connectivity index (χ4n) is 2.06.